The first-order valence-electron chi connectivity index (χ1n) is 9.50. The zero-order chi connectivity index (χ0) is 19.7. The number of piperidine rings is 1. The smallest absolute Gasteiger partial charge is 0.259 e. The van der Waals surface area contributed by atoms with E-state index in [0.29, 0.717) is 57.1 Å². The van der Waals surface area contributed by atoms with E-state index >= 15 is 0 Å². The van der Waals surface area contributed by atoms with Gasteiger partial charge in [0.1, 0.15) is 11.4 Å². The maximum absolute atomic E-state index is 13.2. The van der Waals surface area contributed by atoms with Gasteiger partial charge in [-0.2, -0.15) is 9.40 Å². The van der Waals surface area contributed by atoms with Gasteiger partial charge < -0.3 is 14.2 Å². The first-order valence-corrected chi connectivity index (χ1v) is 11.0. The molecule has 152 valence electrons. The second-order valence-corrected chi connectivity index (χ2v) is 9.38. The topological polar surface area (TPSA) is 89.7 Å². The van der Waals surface area contributed by atoms with Crippen LogP contribution in [0.1, 0.15) is 23.2 Å². The molecule has 4 heterocycles. The van der Waals surface area contributed by atoms with Crippen LogP contribution in [0.15, 0.2) is 30.7 Å². The second kappa shape index (κ2) is 7.69. The van der Waals surface area contributed by atoms with Gasteiger partial charge in [0, 0.05) is 45.6 Å². The summed E-state index contributed by atoms with van der Waals surface area (Å²) in [6.45, 7) is 2.36. The summed E-state index contributed by atoms with van der Waals surface area (Å²) >= 11 is 0. The molecule has 9 nitrogen and oxygen atoms in total. The molecule has 0 aromatic carbocycles. The Hall–Kier alpha value is -2.17. The Kier molecular flexibility index (Phi) is 5.26. The van der Waals surface area contributed by atoms with Gasteiger partial charge in [-0.05, 0) is 25.0 Å². The Morgan fingerprint density at radius 3 is 2.61 bits per heavy atom. The van der Waals surface area contributed by atoms with Crippen molar-refractivity contribution in [2.24, 2.45) is 7.05 Å². The van der Waals surface area contributed by atoms with E-state index in [1.807, 2.05) is 29.1 Å². The number of amides is 1. The van der Waals surface area contributed by atoms with Gasteiger partial charge in [-0.3, -0.25) is 9.48 Å². The van der Waals surface area contributed by atoms with Crippen LogP contribution < -0.4 is 0 Å². The molecule has 2 aliphatic rings. The van der Waals surface area contributed by atoms with Crippen LogP contribution in [0.3, 0.4) is 0 Å². The maximum Gasteiger partial charge on any atom is 0.259 e. The molecule has 0 bridgehead atoms. The van der Waals surface area contributed by atoms with Crippen molar-refractivity contribution in [2.75, 3.05) is 39.4 Å². The molecule has 4 rings (SSSR count). The number of morpholine rings is 1. The molecule has 10 heteroatoms. The molecule has 2 aromatic heterocycles. The summed E-state index contributed by atoms with van der Waals surface area (Å²) in [4.78, 5) is 14.9. The summed E-state index contributed by atoms with van der Waals surface area (Å²) < 4.78 is 36.3. The van der Waals surface area contributed by atoms with Crippen LogP contribution in [0.5, 0.6) is 0 Å². The maximum atomic E-state index is 13.2. The van der Waals surface area contributed by atoms with E-state index in [0.717, 1.165) is 0 Å². The van der Waals surface area contributed by atoms with Crippen molar-refractivity contribution in [3.05, 3.63) is 36.3 Å². The SMILES string of the molecule is Cn1ncc(C(=O)N2CCC[C@H](S(=O)(=O)N3CCOCC3)C2)c1-n1cccc1. The van der Waals surface area contributed by atoms with Crippen LogP contribution in [0.4, 0.5) is 0 Å². The van der Waals surface area contributed by atoms with Gasteiger partial charge in [-0.1, -0.05) is 0 Å². The third-order valence-electron chi connectivity index (χ3n) is 5.40. The number of aromatic nitrogens is 3. The zero-order valence-corrected chi connectivity index (χ0v) is 16.7. The molecule has 0 radical (unpaired) electrons. The first kappa shape index (κ1) is 19.2. The number of sulfonamides is 1. The summed E-state index contributed by atoms with van der Waals surface area (Å²) in [5.41, 5.74) is 0.475. The van der Waals surface area contributed by atoms with E-state index in [1.54, 1.807) is 22.8 Å². The second-order valence-electron chi connectivity index (χ2n) is 7.17. The van der Waals surface area contributed by atoms with Gasteiger partial charge in [0.15, 0.2) is 0 Å². The number of hydrogen-bond acceptors (Lipinski definition) is 5. The zero-order valence-electron chi connectivity index (χ0n) is 15.9. The number of likely N-dealkylation sites (tertiary alicyclic amines) is 1. The van der Waals surface area contributed by atoms with E-state index in [1.165, 1.54) is 4.31 Å². The van der Waals surface area contributed by atoms with Crippen molar-refractivity contribution in [1.82, 2.24) is 23.6 Å². The summed E-state index contributed by atoms with van der Waals surface area (Å²) in [6.07, 6.45) is 6.50. The highest BCUT2D eigenvalue weighted by Crippen LogP contribution is 2.24. The van der Waals surface area contributed by atoms with Gasteiger partial charge >= 0.3 is 0 Å². The van der Waals surface area contributed by atoms with Crippen molar-refractivity contribution >= 4 is 15.9 Å². The summed E-state index contributed by atoms with van der Waals surface area (Å²) in [5, 5.41) is 3.66. The lowest BCUT2D eigenvalue weighted by atomic mass is 10.1. The molecule has 2 aliphatic heterocycles. The quantitative estimate of drug-likeness (QED) is 0.735. The minimum atomic E-state index is -3.45. The molecule has 2 fully saturated rings. The van der Waals surface area contributed by atoms with Gasteiger partial charge in [0.25, 0.3) is 5.91 Å². The Balaban J connectivity index is 1.55. The molecular formula is C18H25N5O4S. The van der Waals surface area contributed by atoms with Crippen LogP contribution in [0.25, 0.3) is 5.82 Å². The van der Waals surface area contributed by atoms with Crippen LogP contribution in [0.2, 0.25) is 0 Å². The number of hydrogen-bond donors (Lipinski definition) is 0. The van der Waals surface area contributed by atoms with E-state index in [9.17, 15) is 13.2 Å². The number of carbonyl (C=O) groups is 1. The van der Waals surface area contributed by atoms with E-state index in [4.69, 9.17) is 4.74 Å². The van der Waals surface area contributed by atoms with Crippen LogP contribution >= 0.6 is 0 Å². The Labute approximate surface area is 164 Å². The van der Waals surface area contributed by atoms with E-state index in [2.05, 4.69) is 5.10 Å². The highest BCUT2D eigenvalue weighted by Gasteiger charge is 2.38. The lowest BCUT2D eigenvalue weighted by Crippen LogP contribution is -2.51. The Morgan fingerprint density at radius 1 is 1.18 bits per heavy atom. The normalized spacial score (nSPS) is 21.8. The van der Waals surface area contributed by atoms with Crippen molar-refractivity contribution in [3.8, 4) is 5.82 Å². The summed E-state index contributed by atoms with van der Waals surface area (Å²) in [5.74, 6) is 0.492. The molecular weight excluding hydrogens is 382 g/mol. The van der Waals surface area contributed by atoms with Crippen LogP contribution in [-0.4, -0.2) is 82.5 Å². The Morgan fingerprint density at radius 2 is 1.89 bits per heavy atom. The van der Waals surface area contributed by atoms with Crippen molar-refractivity contribution in [3.63, 3.8) is 0 Å². The van der Waals surface area contributed by atoms with Gasteiger partial charge in [0.2, 0.25) is 10.0 Å². The predicted molar refractivity (Wildman–Crippen MR) is 103 cm³/mol. The van der Waals surface area contributed by atoms with Gasteiger partial charge in [-0.25, -0.2) is 8.42 Å². The van der Waals surface area contributed by atoms with E-state index < -0.39 is 15.3 Å². The monoisotopic (exact) mass is 407 g/mol. The predicted octanol–water partition coefficient (Wildman–Crippen LogP) is 0.477. The minimum Gasteiger partial charge on any atom is -0.379 e. The molecule has 1 amide bonds. The lowest BCUT2D eigenvalue weighted by molar-refractivity contribution is 0.0686. The van der Waals surface area contributed by atoms with Crippen molar-refractivity contribution in [1.29, 1.82) is 0 Å². The number of aryl methyl sites for hydroxylation is 1. The third-order valence-corrected chi connectivity index (χ3v) is 7.72. The number of nitrogens with zero attached hydrogens (tertiary/aromatic N) is 5. The molecule has 0 unspecified atom stereocenters. The molecule has 1 atom stereocenters. The minimum absolute atomic E-state index is 0.182. The van der Waals surface area contributed by atoms with Crippen molar-refractivity contribution in [2.45, 2.75) is 18.1 Å². The fourth-order valence-corrected chi connectivity index (χ4v) is 5.82. The number of carbonyl (C=O) groups excluding carboxylic acids is 1. The molecule has 28 heavy (non-hydrogen) atoms. The fourth-order valence-electron chi connectivity index (χ4n) is 3.91. The van der Waals surface area contributed by atoms with Crippen molar-refractivity contribution < 1.29 is 17.9 Å². The van der Waals surface area contributed by atoms with Gasteiger partial charge in [0.05, 0.1) is 24.7 Å². The summed E-state index contributed by atoms with van der Waals surface area (Å²) in [6, 6.07) is 3.76. The largest absolute Gasteiger partial charge is 0.379 e. The van der Waals surface area contributed by atoms with Crippen LogP contribution in [-0.2, 0) is 21.8 Å². The molecule has 0 aliphatic carbocycles. The highest BCUT2D eigenvalue weighted by molar-refractivity contribution is 7.89. The number of rotatable bonds is 4. The molecule has 0 N–H and O–H groups in total. The summed E-state index contributed by atoms with van der Waals surface area (Å²) in [7, 11) is -1.66. The van der Waals surface area contributed by atoms with Gasteiger partial charge in [-0.15, -0.1) is 0 Å². The van der Waals surface area contributed by atoms with E-state index in [-0.39, 0.29) is 12.5 Å². The average molecular weight is 407 g/mol. The average Bonchev–Trinajstić information content (AvgIpc) is 3.37. The standard InChI is InChI=1S/C18H25N5O4S/c1-20-17(21-6-2-3-7-21)16(13-19-20)18(24)22-8-4-5-15(14-22)28(25,26)23-9-11-27-12-10-23/h2-3,6-7,13,15H,4-5,8-12,14H2,1H3/t15-/m0/s1. The molecule has 0 spiro atoms. The Bertz CT molecular complexity index is 931. The van der Waals surface area contributed by atoms with Crippen LogP contribution in [0, 0.1) is 0 Å². The lowest BCUT2D eigenvalue weighted by Gasteiger charge is -2.36. The highest BCUT2D eigenvalue weighted by atomic mass is 32.2. The fraction of sp³-hybridized carbons (Fsp3) is 0.556. The molecule has 2 aromatic rings. The number of ether oxygens (including phenoxy) is 1. The third kappa shape index (κ3) is 3.47. The molecule has 2 saturated heterocycles. The molecule has 0 saturated carbocycles. The first-order chi connectivity index (χ1) is 13.5.